The van der Waals surface area contributed by atoms with Crippen molar-refractivity contribution in [2.45, 2.75) is 32.1 Å². The Labute approximate surface area is 160 Å². The van der Waals surface area contributed by atoms with E-state index in [1.54, 1.807) is 18.2 Å². The van der Waals surface area contributed by atoms with Gasteiger partial charge in [0.2, 0.25) is 15.9 Å². The molecule has 0 unspecified atom stereocenters. The molecule has 7 nitrogen and oxygen atoms in total. The molecule has 1 spiro atoms. The molecular weight excluding hydrogens is 368 g/mol. The maximum Gasteiger partial charge on any atom is 0.229 e. The molecule has 2 aliphatic heterocycles. The molecule has 0 bridgehead atoms. The highest BCUT2D eigenvalue weighted by Gasteiger charge is 2.52. The average Bonchev–Trinajstić information content (AvgIpc) is 3.01. The van der Waals surface area contributed by atoms with Crippen molar-refractivity contribution in [2.24, 2.45) is 11.3 Å². The van der Waals surface area contributed by atoms with Crippen LogP contribution in [-0.2, 0) is 14.8 Å². The summed E-state index contributed by atoms with van der Waals surface area (Å²) < 4.78 is 36.8. The molecule has 1 saturated heterocycles. The van der Waals surface area contributed by atoms with E-state index in [2.05, 4.69) is 5.32 Å². The van der Waals surface area contributed by atoms with Gasteiger partial charge in [0, 0.05) is 24.8 Å². The van der Waals surface area contributed by atoms with Gasteiger partial charge in [-0.2, -0.15) is 0 Å². The molecule has 0 aromatic heterocycles. The van der Waals surface area contributed by atoms with Crippen LogP contribution < -0.4 is 14.8 Å². The molecule has 148 valence electrons. The largest absolute Gasteiger partial charge is 0.486 e. The number of benzene rings is 1. The van der Waals surface area contributed by atoms with Gasteiger partial charge in [0.25, 0.3) is 0 Å². The molecule has 0 radical (unpaired) electrons. The van der Waals surface area contributed by atoms with Gasteiger partial charge < -0.3 is 14.8 Å². The van der Waals surface area contributed by atoms with Gasteiger partial charge in [0.1, 0.15) is 13.2 Å². The van der Waals surface area contributed by atoms with Crippen molar-refractivity contribution in [3.8, 4) is 11.5 Å². The Bertz CT molecular complexity index is 833. The van der Waals surface area contributed by atoms with Crippen molar-refractivity contribution >= 4 is 21.6 Å². The standard InChI is InChI=1S/C19H26N2O5S/c1-27(23,24)21-12-15(19(13-21)7-3-2-4-8-19)18(22)20-14-5-6-16-17(11-14)26-10-9-25-16/h5-6,11,15H,2-4,7-10,12-13H2,1H3,(H,20,22)/t15-/m1/s1. The normalized spacial score (nSPS) is 24.7. The minimum Gasteiger partial charge on any atom is -0.486 e. The third-order valence-corrected chi connectivity index (χ3v) is 7.28. The van der Waals surface area contributed by atoms with Gasteiger partial charge in [-0.15, -0.1) is 0 Å². The highest BCUT2D eigenvalue weighted by molar-refractivity contribution is 7.88. The first-order valence-electron chi connectivity index (χ1n) is 9.53. The Morgan fingerprint density at radius 1 is 1.15 bits per heavy atom. The third kappa shape index (κ3) is 3.65. The van der Waals surface area contributed by atoms with Gasteiger partial charge in [-0.3, -0.25) is 4.79 Å². The number of rotatable bonds is 3. The van der Waals surface area contributed by atoms with Crippen LogP contribution in [0.4, 0.5) is 5.69 Å². The first-order valence-corrected chi connectivity index (χ1v) is 11.4. The van der Waals surface area contributed by atoms with Crippen LogP contribution in [0.25, 0.3) is 0 Å². The van der Waals surface area contributed by atoms with Crippen LogP contribution in [0.1, 0.15) is 32.1 Å². The predicted octanol–water partition coefficient (Wildman–Crippen LogP) is 2.24. The maximum absolute atomic E-state index is 13.1. The number of ether oxygens (including phenoxy) is 2. The number of hydrogen-bond donors (Lipinski definition) is 1. The number of carbonyl (C=O) groups excluding carboxylic acids is 1. The molecule has 1 aromatic carbocycles. The van der Waals surface area contributed by atoms with Crippen molar-refractivity contribution in [2.75, 3.05) is 37.9 Å². The zero-order valence-corrected chi connectivity index (χ0v) is 16.4. The van der Waals surface area contributed by atoms with E-state index in [9.17, 15) is 13.2 Å². The lowest BCUT2D eigenvalue weighted by Crippen LogP contribution is -2.39. The zero-order valence-electron chi connectivity index (χ0n) is 15.6. The van der Waals surface area contributed by atoms with Crippen LogP contribution in [0, 0.1) is 11.3 Å². The van der Waals surface area contributed by atoms with E-state index in [0.717, 1.165) is 32.1 Å². The van der Waals surface area contributed by atoms with Crippen molar-refractivity contribution in [3.05, 3.63) is 18.2 Å². The Kier molecular flexibility index (Phi) is 4.80. The van der Waals surface area contributed by atoms with Crippen LogP contribution in [0.5, 0.6) is 11.5 Å². The van der Waals surface area contributed by atoms with Crippen molar-refractivity contribution in [1.82, 2.24) is 4.31 Å². The van der Waals surface area contributed by atoms with Crippen LogP contribution in [-0.4, -0.2) is 51.2 Å². The van der Waals surface area contributed by atoms with Crippen LogP contribution in [0.15, 0.2) is 18.2 Å². The summed E-state index contributed by atoms with van der Waals surface area (Å²) >= 11 is 0. The molecule has 1 saturated carbocycles. The van der Waals surface area contributed by atoms with E-state index in [4.69, 9.17) is 9.47 Å². The maximum atomic E-state index is 13.1. The van der Waals surface area contributed by atoms with Crippen LogP contribution in [0.3, 0.4) is 0 Å². The summed E-state index contributed by atoms with van der Waals surface area (Å²) in [5.41, 5.74) is 0.396. The highest BCUT2D eigenvalue weighted by Crippen LogP contribution is 2.48. The van der Waals surface area contributed by atoms with Gasteiger partial charge in [0.05, 0.1) is 12.2 Å². The summed E-state index contributed by atoms with van der Waals surface area (Å²) in [5.74, 6) is 0.850. The van der Waals surface area contributed by atoms with E-state index in [0.29, 0.717) is 36.9 Å². The summed E-state index contributed by atoms with van der Waals surface area (Å²) in [4.78, 5) is 13.1. The summed E-state index contributed by atoms with van der Waals surface area (Å²) in [7, 11) is -3.31. The fourth-order valence-corrected chi connectivity index (χ4v) is 5.56. The van der Waals surface area contributed by atoms with Crippen molar-refractivity contribution < 1.29 is 22.7 Å². The number of nitrogens with one attached hydrogen (secondary N) is 1. The Hall–Kier alpha value is -1.80. The number of hydrogen-bond acceptors (Lipinski definition) is 5. The summed E-state index contributed by atoms with van der Waals surface area (Å²) in [6.45, 7) is 1.71. The SMILES string of the molecule is CS(=O)(=O)N1C[C@H](C(=O)Nc2ccc3c(c2)OCCO3)C2(CCCCC2)C1. The van der Waals surface area contributed by atoms with Crippen molar-refractivity contribution in [3.63, 3.8) is 0 Å². The average molecular weight is 394 g/mol. The van der Waals surface area contributed by atoms with Gasteiger partial charge >= 0.3 is 0 Å². The molecule has 3 aliphatic rings. The number of sulfonamides is 1. The molecule has 1 aromatic rings. The fourth-order valence-electron chi connectivity index (χ4n) is 4.65. The van der Waals surface area contributed by atoms with Gasteiger partial charge in [0.15, 0.2) is 11.5 Å². The van der Waals surface area contributed by atoms with Crippen LogP contribution >= 0.6 is 0 Å². The van der Waals surface area contributed by atoms with E-state index < -0.39 is 10.0 Å². The van der Waals surface area contributed by atoms with E-state index in [-0.39, 0.29) is 23.8 Å². The number of amides is 1. The molecule has 2 fully saturated rings. The molecular formula is C19H26N2O5S. The molecule has 1 amide bonds. The monoisotopic (exact) mass is 394 g/mol. The molecule has 2 heterocycles. The number of nitrogens with zero attached hydrogens (tertiary/aromatic N) is 1. The minimum absolute atomic E-state index is 0.111. The molecule has 8 heteroatoms. The molecule has 1 N–H and O–H groups in total. The van der Waals surface area contributed by atoms with Gasteiger partial charge in [-0.1, -0.05) is 19.3 Å². The Balaban J connectivity index is 1.55. The molecule has 27 heavy (non-hydrogen) atoms. The summed E-state index contributed by atoms with van der Waals surface area (Å²) in [6.07, 6.45) is 6.27. The van der Waals surface area contributed by atoms with Crippen molar-refractivity contribution in [1.29, 1.82) is 0 Å². The summed E-state index contributed by atoms with van der Waals surface area (Å²) in [5, 5.41) is 2.98. The third-order valence-electron chi connectivity index (χ3n) is 6.06. The number of fused-ring (bicyclic) bond motifs is 1. The fraction of sp³-hybridized carbons (Fsp3) is 0.632. The molecule has 1 atom stereocenters. The Morgan fingerprint density at radius 3 is 2.56 bits per heavy atom. The first kappa shape index (κ1) is 18.6. The predicted molar refractivity (Wildman–Crippen MR) is 101 cm³/mol. The lowest BCUT2D eigenvalue weighted by Gasteiger charge is -2.37. The highest BCUT2D eigenvalue weighted by atomic mass is 32.2. The van der Waals surface area contributed by atoms with Gasteiger partial charge in [-0.05, 0) is 30.4 Å². The lowest BCUT2D eigenvalue weighted by molar-refractivity contribution is -0.123. The smallest absolute Gasteiger partial charge is 0.229 e. The second-order valence-corrected chi connectivity index (χ2v) is 9.86. The zero-order chi connectivity index (χ0) is 19.1. The number of anilines is 1. The number of carbonyl (C=O) groups is 1. The quantitative estimate of drug-likeness (QED) is 0.850. The second-order valence-electron chi connectivity index (χ2n) is 7.88. The second kappa shape index (κ2) is 6.98. The van der Waals surface area contributed by atoms with E-state index in [1.807, 2.05) is 0 Å². The van der Waals surface area contributed by atoms with Crippen LogP contribution in [0.2, 0.25) is 0 Å². The molecule has 1 aliphatic carbocycles. The summed E-state index contributed by atoms with van der Waals surface area (Å²) in [6, 6.07) is 5.35. The lowest BCUT2D eigenvalue weighted by atomic mass is 9.67. The van der Waals surface area contributed by atoms with E-state index in [1.165, 1.54) is 10.6 Å². The van der Waals surface area contributed by atoms with Gasteiger partial charge in [-0.25, -0.2) is 12.7 Å². The van der Waals surface area contributed by atoms with E-state index >= 15 is 0 Å². The Morgan fingerprint density at radius 2 is 1.85 bits per heavy atom. The topological polar surface area (TPSA) is 84.9 Å². The molecule has 4 rings (SSSR count). The first-order chi connectivity index (χ1) is 12.9. The minimum atomic E-state index is -3.31.